The highest BCUT2D eigenvalue weighted by Gasteiger charge is 2.01. The van der Waals surface area contributed by atoms with Crippen LogP contribution >= 0.6 is 0 Å². The smallest absolute Gasteiger partial charge is 0.303 e. The molecule has 0 amide bonds. The second-order valence-corrected chi connectivity index (χ2v) is 6.68. The monoisotopic (exact) mass is 338 g/mol. The van der Waals surface area contributed by atoms with Crippen molar-refractivity contribution in [1.29, 1.82) is 0 Å². The van der Waals surface area contributed by atoms with Gasteiger partial charge < -0.3 is 10.2 Å². The SMILES string of the molecule is CC(/C=C/CCCCCC(=O)O)C/C=C/C(C)CCCCC(=O)O. The Hall–Kier alpha value is -1.58. The Morgan fingerprint density at radius 3 is 2.00 bits per heavy atom. The van der Waals surface area contributed by atoms with Crippen LogP contribution in [0.5, 0.6) is 0 Å². The van der Waals surface area contributed by atoms with Crippen LogP contribution in [0.2, 0.25) is 0 Å². The maximum Gasteiger partial charge on any atom is 0.303 e. The number of carboxylic acid groups (broad SMARTS) is 2. The van der Waals surface area contributed by atoms with Crippen molar-refractivity contribution in [3.8, 4) is 0 Å². The molecule has 4 heteroatoms. The van der Waals surface area contributed by atoms with Crippen molar-refractivity contribution in [2.75, 3.05) is 0 Å². The van der Waals surface area contributed by atoms with E-state index in [1.165, 1.54) is 0 Å². The molecule has 0 aromatic heterocycles. The quantitative estimate of drug-likeness (QED) is 0.308. The van der Waals surface area contributed by atoms with Crippen molar-refractivity contribution < 1.29 is 19.8 Å². The first kappa shape index (κ1) is 22.4. The van der Waals surface area contributed by atoms with Gasteiger partial charge in [0.1, 0.15) is 0 Å². The molecule has 2 unspecified atom stereocenters. The van der Waals surface area contributed by atoms with E-state index >= 15 is 0 Å². The third-order valence-electron chi connectivity index (χ3n) is 4.00. The maximum atomic E-state index is 10.4. The van der Waals surface area contributed by atoms with Crippen LogP contribution in [0.25, 0.3) is 0 Å². The molecular formula is C20H34O4. The van der Waals surface area contributed by atoms with E-state index in [0.29, 0.717) is 11.8 Å². The van der Waals surface area contributed by atoms with Gasteiger partial charge in [0.25, 0.3) is 0 Å². The van der Waals surface area contributed by atoms with Gasteiger partial charge in [-0.05, 0) is 50.4 Å². The van der Waals surface area contributed by atoms with Crippen molar-refractivity contribution in [3.05, 3.63) is 24.3 Å². The molecule has 0 aliphatic rings. The largest absolute Gasteiger partial charge is 0.481 e. The second kappa shape index (κ2) is 15.0. The third-order valence-corrected chi connectivity index (χ3v) is 4.00. The molecule has 138 valence electrons. The minimum atomic E-state index is -0.708. The minimum absolute atomic E-state index is 0.272. The Morgan fingerprint density at radius 2 is 1.38 bits per heavy atom. The Kier molecular flexibility index (Phi) is 14.0. The van der Waals surface area contributed by atoms with E-state index in [0.717, 1.165) is 51.4 Å². The fraction of sp³-hybridized carbons (Fsp3) is 0.700. The molecule has 0 fully saturated rings. The highest BCUT2D eigenvalue weighted by molar-refractivity contribution is 5.66. The Labute approximate surface area is 146 Å². The lowest BCUT2D eigenvalue weighted by atomic mass is 10.00. The summed E-state index contributed by atoms with van der Waals surface area (Å²) >= 11 is 0. The zero-order chi connectivity index (χ0) is 18.2. The van der Waals surface area contributed by atoms with Gasteiger partial charge in [-0.3, -0.25) is 9.59 Å². The van der Waals surface area contributed by atoms with E-state index in [9.17, 15) is 9.59 Å². The summed E-state index contributed by atoms with van der Waals surface area (Å²) in [6.07, 6.45) is 17.1. The average molecular weight is 338 g/mol. The van der Waals surface area contributed by atoms with E-state index < -0.39 is 11.9 Å². The van der Waals surface area contributed by atoms with Gasteiger partial charge in [-0.2, -0.15) is 0 Å². The molecule has 4 nitrogen and oxygen atoms in total. The topological polar surface area (TPSA) is 74.6 Å². The van der Waals surface area contributed by atoms with Crippen molar-refractivity contribution in [1.82, 2.24) is 0 Å². The molecule has 2 N–H and O–H groups in total. The lowest BCUT2D eigenvalue weighted by molar-refractivity contribution is -0.138. The molecule has 0 rings (SSSR count). The number of unbranched alkanes of at least 4 members (excludes halogenated alkanes) is 4. The molecule has 0 radical (unpaired) electrons. The molecule has 0 saturated carbocycles. The predicted molar refractivity (Wildman–Crippen MR) is 98.0 cm³/mol. The van der Waals surface area contributed by atoms with Crippen molar-refractivity contribution in [3.63, 3.8) is 0 Å². The molecule has 0 spiro atoms. The lowest BCUT2D eigenvalue weighted by Crippen LogP contribution is -1.96. The summed E-state index contributed by atoms with van der Waals surface area (Å²) in [5.74, 6) is -0.397. The predicted octanol–water partition coefficient (Wildman–Crippen LogP) is 5.44. The number of hydrogen-bond donors (Lipinski definition) is 2. The molecular weight excluding hydrogens is 304 g/mol. The zero-order valence-corrected chi connectivity index (χ0v) is 15.2. The van der Waals surface area contributed by atoms with Crippen LogP contribution in [0.15, 0.2) is 24.3 Å². The van der Waals surface area contributed by atoms with Crippen LogP contribution in [0.3, 0.4) is 0 Å². The molecule has 0 aliphatic heterocycles. The standard InChI is InChI=1S/C20H34O4/c1-17(11-6-4-3-5-7-15-19(21)22)13-10-14-18(2)12-8-9-16-20(23)24/h6,10-11,14,17-18H,3-5,7-9,12-13,15-16H2,1-2H3,(H,21,22)(H,23,24)/b11-6+,14-10+. The maximum absolute atomic E-state index is 10.4. The highest BCUT2D eigenvalue weighted by atomic mass is 16.4. The summed E-state index contributed by atoms with van der Waals surface area (Å²) in [7, 11) is 0. The molecule has 0 aliphatic carbocycles. The Balaban J connectivity index is 3.64. The number of carbonyl (C=O) groups is 2. The van der Waals surface area contributed by atoms with Gasteiger partial charge in [0.05, 0.1) is 0 Å². The minimum Gasteiger partial charge on any atom is -0.481 e. The summed E-state index contributed by atoms with van der Waals surface area (Å²) in [6.45, 7) is 4.37. The van der Waals surface area contributed by atoms with Crippen LogP contribution in [-0.4, -0.2) is 22.2 Å². The summed E-state index contributed by atoms with van der Waals surface area (Å²) in [4.78, 5) is 20.8. The Morgan fingerprint density at radius 1 is 0.792 bits per heavy atom. The lowest BCUT2D eigenvalue weighted by Gasteiger charge is -2.06. The van der Waals surface area contributed by atoms with Crippen molar-refractivity contribution in [2.45, 2.75) is 78.1 Å². The first-order chi connectivity index (χ1) is 11.4. The summed E-state index contributed by atoms with van der Waals surface area (Å²) < 4.78 is 0. The van der Waals surface area contributed by atoms with Gasteiger partial charge in [0, 0.05) is 12.8 Å². The number of hydrogen-bond acceptors (Lipinski definition) is 2. The van der Waals surface area contributed by atoms with Crippen LogP contribution in [0, 0.1) is 11.8 Å². The van der Waals surface area contributed by atoms with Gasteiger partial charge in [0.2, 0.25) is 0 Å². The van der Waals surface area contributed by atoms with Crippen LogP contribution in [-0.2, 0) is 9.59 Å². The molecule has 0 aromatic carbocycles. The number of allylic oxidation sites excluding steroid dienone is 4. The van der Waals surface area contributed by atoms with Crippen LogP contribution in [0.1, 0.15) is 78.1 Å². The third kappa shape index (κ3) is 16.8. The van der Waals surface area contributed by atoms with Crippen LogP contribution < -0.4 is 0 Å². The van der Waals surface area contributed by atoms with E-state index in [4.69, 9.17) is 10.2 Å². The van der Waals surface area contributed by atoms with Crippen molar-refractivity contribution >= 4 is 11.9 Å². The van der Waals surface area contributed by atoms with E-state index in [2.05, 4.69) is 38.2 Å². The zero-order valence-electron chi connectivity index (χ0n) is 15.2. The van der Waals surface area contributed by atoms with Gasteiger partial charge in [0.15, 0.2) is 0 Å². The first-order valence-electron chi connectivity index (χ1n) is 9.18. The van der Waals surface area contributed by atoms with Gasteiger partial charge in [-0.1, -0.05) is 51.0 Å². The van der Waals surface area contributed by atoms with E-state index in [1.807, 2.05) is 0 Å². The molecule has 2 atom stereocenters. The fourth-order valence-corrected chi connectivity index (χ4v) is 2.49. The molecule has 0 bridgehead atoms. The second-order valence-electron chi connectivity index (χ2n) is 6.68. The summed E-state index contributed by atoms with van der Waals surface area (Å²) in [6, 6.07) is 0. The highest BCUT2D eigenvalue weighted by Crippen LogP contribution is 2.13. The number of rotatable bonds is 15. The summed E-state index contributed by atoms with van der Waals surface area (Å²) in [5.41, 5.74) is 0. The molecule has 24 heavy (non-hydrogen) atoms. The van der Waals surface area contributed by atoms with Gasteiger partial charge in [-0.25, -0.2) is 0 Å². The van der Waals surface area contributed by atoms with Crippen molar-refractivity contribution in [2.24, 2.45) is 11.8 Å². The van der Waals surface area contributed by atoms with Gasteiger partial charge in [-0.15, -0.1) is 0 Å². The average Bonchev–Trinajstić information content (AvgIpc) is 2.50. The molecule has 0 heterocycles. The normalized spacial score (nSPS) is 14.2. The van der Waals surface area contributed by atoms with E-state index in [1.54, 1.807) is 0 Å². The number of carboxylic acids is 2. The Bertz CT molecular complexity index is 398. The fourth-order valence-electron chi connectivity index (χ4n) is 2.49. The summed E-state index contributed by atoms with van der Waals surface area (Å²) in [5, 5.41) is 17.1. The van der Waals surface area contributed by atoms with E-state index in [-0.39, 0.29) is 12.8 Å². The first-order valence-corrected chi connectivity index (χ1v) is 9.18. The molecule has 0 saturated heterocycles. The molecule has 0 aromatic rings. The number of aliphatic carboxylic acids is 2. The van der Waals surface area contributed by atoms with Crippen LogP contribution in [0.4, 0.5) is 0 Å². The van der Waals surface area contributed by atoms with Gasteiger partial charge >= 0.3 is 11.9 Å².